The first-order valence-corrected chi connectivity index (χ1v) is 7.63. The fourth-order valence-corrected chi connectivity index (χ4v) is 2.00. The molecule has 1 nitrogen and oxygen atoms in total. The first-order chi connectivity index (χ1) is 7.89. The number of halogens is 2. The van der Waals surface area contributed by atoms with E-state index in [0.717, 1.165) is 29.7 Å². The van der Waals surface area contributed by atoms with Gasteiger partial charge in [0.05, 0.1) is 6.61 Å². The lowest BCUT2D eigenvalue weighted by Gasteiger charge is -2.25. The van der Waals surface area contributed by atoms with E-state index in [4.69, 9.17) is 4.74 Å². The summed E-state index contributed by atoms with van der Waals surface area (Å²) in [5.74, 6) is 0.940. The molecule has 1 rings (SSSR count). The van der Waals surface area contributed by atoms with Gasteiger partial charge in [0.2, 0.25) is 0 Å². The minimum Gasteiger partial charge on any atom is -0.494 e. The molecule has 0 saturated heterocycles. The van der Waals surface area contributed by atoms with Crippen molar-refractivity contribution in [3.05, 3.63) is 28.7 Å². The van der Waals surface area contributed by atoms with Crippen LogP contribution in [0, 0.1) is 5.41 Å². The summed E-state index contributed by atoms with van der Waals surface area (Å²) in [6.45, 7) is 7.53. The maximum absolute atomic E-state index is 5.68. The van der Waals surface area contributed by atoms with Crippen LogP contribution in [0.5, 0.6) is 5.75 Å². The second-order valence-corrected chi connectivity index (χ2v) is 7.30. The molecular weight excluding hydrogens is 344 g/mol. The van der Waals surface area contributed by atoms with Crippen molar-refractivity contribution in [2.75, 3.05) is 6.61 Å². The van der Waals surface area contributed by atoms with Crippen LogP contribution in [0.3, 0.4) is 0 Å². The maximum Gasteiger partial charge on any atom is 0.119 e. The van der Waals surface area contributed by atoms with Crippen LogP contribution in [-0.4, -0.2) is 11.4 Å². The molecule has 3 heteroatoms. The Morgan fingerprint density at radius 1 is 1.18 bits per heavy atom. The molecule has 0 aromatic heterocycles. The molecule has 0 heterocycles. The highest BCUT2D eigenvalue weighted by molar-refractivity contribution is 9.10. The van der Waals surface area contributed by atoms with Gasteiger partial charge in [-0.2, -0.15) is 0 Å². The average molecular weight is 364 g/mol. The average Bonchev–Trinajstić information content (AvgIpc) is 2.25. The number of benzene rings is 1. The largest absolute Gasteiger partial charge is 0.494 e. The van der Waals surface area contributed by atoms with Crippen molar-refractivity contribution in [2.45, 2.75) is 38.4 Å². The van der Waals surface area contributed by atoms with E-state index in [1.807, 2.05) is 24.3 Å². The molecule has 17 heavy (non-hydrogen) atoms. The second-order valence-electron chi connectivity index (χ2n) is 5.28. The van der Waals surface area contributed by atoms with Crippen molar-refractivity contribution in [1.82, 2.24) is 0 Å². The highest BCUT2D eigenvalue weighted by atomic mass is 79.9. The zero-order chi connectivity index (χ0) is 12.9. The molecule has 1 aromatic carbocycles. The first kappa shape index (κ1) is 15.0. The summed E-state index contributed by atoms with van der Waals surface area (Å²) in [4.78, 5) is 0.545. The van der Waals surface area contributed by atoms with Gasteiger partial charge >= 0.3 is 0 Å². The molecule has 0 saturated carbocycles. The van der Waals surface area contributed by atoms with Crippen LogP contribution in [-0.2, 0) is 0 Å². The third kappa shape index (κ3) is 5.91. The molecule has 96 valence electrons. The van der Waals surface area contributed by atoms with Gasteiger partial charge in [-0.15, -0.1) is 0 Å². The first-order valence-electron chi connectivity index (χ1n) is 5.92. The molecule has 0 spiro atoms. The number of rotatable bonds is 5. The quantitative estimate of drug-likeness (QED) is 0.501. The number of alkyl halides is 1. The zero-order valence-electron chi connectivity index (χ0n) is 10.7. The Balaban J connectivity index is 2.23. The second kappa shape index (κ2) is 6.79. The van der Waals surface area contributed by atoms with Gasteiger partial charge < -0.3 is 4.74 Å². The van der Waals surface area contributed by atoms with Gasteiger partial charge in [0.25, 0.3) is 0 Å². The fourth-order valence-electron chi connectivity index (χ4n) is 1.42. The van der Waals surface area contributed by atoms with E-state index < -0.39 is 0 Å². The molecule has 0 radical (unpaired) electrons. The lowest BCUT2D eigenvalue weighted by Crippen LogP contribution is -2.20. The molecule has 0 N–H and O–H groups in total. The highest BCUT2D eigenvalue weighted by Crippen LogP contribution is 2.29. The SMILES string of the molecule is CC(C)(C)C(Br)CCCOc1ccc(Br)cc1. The minimum absolute atomic E-state index is 0.317. The van der Waals surface area contributed by atoms with Crippen molar-refractivity contribution in [3.8, 4) is 5.75 Å². The third-order valence-electron chi connectivity index (χ3n) is 2.62. The maximum atomic E-state index is 5.68. The van der Waals surface area contributed by atoms with E-state index in [9.17, 15) is 0 Å². The summed E-state index contributed by atoms with van der Waals surface area (Å²) in [5, 5.41) is 0. The molecule has 0 aliphatic heterocycles. The van der Waals surface area contributed by atoms with E-state index >= 15 is 0 Å². The summed E-state index contributed by atoms with van der Waals surface area (Å²) in [6, 6.07) is 7.97. The van der Waals surface area contributed by atoms with Gasteiger partial charge in [-0.3, -0.25) is 0 Å². The Morgan fingerprint density at radius 2 is 1.76 bits per heavy atom. The molecule has 0 bridgehead atoms. The van der Waals surface area contributed by atoms with E-state index in [-0.39, 0.29) is 0 Å². The van der Waals surface area contributed by atoms with Crippen LogP contribution < -0.4 is 4.74 Å². The smallest absolute Gasteiger partial charge is 0.119 e. The zero-order valence-corrected chi connectivity index (χ0v) is 13.8. The lowest BCUT2D eigenvalue weighted by atomic mass is 9.90. The van der Waals surface area contributed by atoms with Crippen LogP contribution >= 0.6 is 31.9 Å². The van der Waals surface area contributed by atoms with Crippen LogP contribution in [0.1, 0.15) is 33.6 Å². The van der Waals surface area contributed by atoms with Crippen molar-refractivity contribution >= 4 is 31.9 Å². The third-order valence-corrected chi connectivity index (χ3v) is 4.98. The number of hydrogen-bond donors (Lipinski definition) is 0. The predicted octanol–water partition coefficient (Wildman–Crippen LogP) is 5.42. The molecule has 0 amide bonds. The molecular formula is C14H20Br2O. The summed E-state index contributed by atoms with van der Waals surface area (Å²) in [6.07, 6.45) is 2.21. The molecule has 1 atom stereocenters. The molecule has 1 unspecified atom stereocenters. The van der Waals surface area contributed by atoms with Gasteiger partial charge in [-0.1, -0.05) is 52.6 Å². The molecule has 0 aliphatic rings. The van der Waals surface area contributed by atoms with Crippen molar-refractivity contribution in [2.24, 2.45) is 5.41 Å². The molecule has 0 fully saturated rings. The van der Waals surface area contributed by atoms with Gasteiger partial charge in [-0.25, -0.2) is 0 Å². The Morgan fingerprint density at radius 3 is 2.29 bits per heavy atom. The van der Waals surface area contributed by atoms with Crippen molar-refractivity contribution in [3.63, 3.8) is 0 Å². The Labute approximate surface area is 121 Å². The Bertz CT molecular complexity index is 327. The lowest BCUT2D eigenvalue weighted by molar-refractivity contribution is 0.291. The summed E-state index contributed by atoms with van der Waals surface area (Å²) in [5.41, 5.74) is 0.317. The fraction of sp³-hybridized carbons (Fsp3) is 0.571. The summed E-state index contributed by atoms with van der Waals surface area (Å²) in [7, 11) is 0. The summed E-state index contributed by atoms with van der Waals surface area (Å²) >= 11 is 7.14. The normalized spacial score (nSPS) is 13.5. The number of ether oxygens (including phenoxy) is 1. The van der Waals surface area contributed by atoms with Crippen LogP contribution in [0.25, 0.3) is 0 Å². The van der Waals surface area contributed by atoms with Crippen molar-refractivity contribution < 1.29 is 4.74 Å². The summed E-state index contributed by atoms with van der Waals surface area (Å²) < 4.78 is 6.76. The van der Waals surface area contributed by atoms with E-state index in [1.54, 1.807) is 0 Å². The van der Waals surface area contributed by atoms with Gasteiger partial charge in [-0.05, 0) is 42.5 Å². The predicted molar refractivity (Wildman–Crippen MR) is 81.0 cm³/mol. The van der Waals surface area contributed by atoms with E-state index in [0.29, 0.717) is 10.2 Å². The molecule has 0 aliphatic carbocycles. The number of hydrogen-bond acceptors (Lipinski definition) is 1. The van der Waals surface area contributed by atoms with E-state index in [2.05, 4.69) is 52.6 Å². The van der Waals surface area contributed by atoms with Crippen LogP contribution in [0.2, 0.25) is 0 Å². The monoisotopic (exact) mass is 362 g/mol. The van der Waals surface area contributed by atoms with Gasteiger partial charge in [0.15, 0.2) is 0 Å². The van der Waals surface area contributed by atoms with Gasteiger partial charge in [0.1, 0.15) is 5.75 Å². The molecule has 1 aromatic rings. The Kier molecular flexibility index (Phi) is 6.01. The standard InChI is InChI=1S/C14H20Br2O/c1-14(2,3)13(16)5-4-10-17-12-8-6-11(15)7-9-12/h6-9,13H,4-5,10H2,1-3H3. The topological polar surface area (TPSA) is 9.23 Å². The van der Waals surface area contributed by atoms with Gasteiger partial charge in [0, 0.05) is 9.30 Å². The van der Waals surface area contributed by atoms with Crippen LogP contribution in [0.15, 0.2) is 28.7 Å². The minimum atomic E-state index is 0.317. The highest BCUT2D eigenvalue weighted by Gasteiger charge is 2.20. The van der Waals surface area contributed by atoms with Crippen molar-refractivity contribution in [1.29, 1.82) is 0 Å². The van der Waals surface area contributed by atoms with E-state index in [1.165, 1.54) is 0 Å². The Hall–Kier alpha value is -0.0200. The van der Waals surface area contributed by atoms with Crippen LogP contribution in [0.4, 0.5) is 0 Å².